The van der Waals surface area contributed by atoms with Gasteiger partial charge in [0.2, 0.25) is 13.2 Å². The van der Waals surface area contributed by atoms with E-state index in [1.54, 1.807) is 0 Å². The molecule has 0 N–H and O–H groups in total. The monoisotopic (exact) mass is 135 g/mol. The number of rotatable bonds is 4. The van der Waals surface area contributed by atoms with Gasteiger partial charge >= 0.3 is 8.25 Å². The van der Waals surface area contributed by atoms with Crippen LogP contribution in [0.5, 0.6) is 0 Å². The van der Waals surface area contributed by atoms with E-state index in [0.717, 1.165) is 0 Å². The third-order valence-electron chi connectivity index (χ3n) is 0.393. The van der Waals surface area contributed by atoms with Gasteiger partial charge in [-0.05, 0) is 0 Å². The van der Waals surface area contributed by atoms with Crippen LogP contribution in [0.1, 0.15) is 0 Å². The molecule has 0 aromatic carbocycles. The number of hydrogen-bond donors (Lipinski definition) is 0. The van der Waals surface area contributed by atoms with E-state index >= 15 is 0 Å². The fraction of sp³-hybridized carbons (Fsp3) is 0.500. The molecule has 0 saturated carbocycles. The van der Waals surface area contributed by atoms with Crippen molar-refractivity contribution in [2.24, 2.45) is 0 Å². The minimum Gasteiger partial charge on any atom is -0.0698 e. The molecular formula is C4H8O3P+3. The van der Waals surface area contributed by atoms with Crippen LogP contribution < -0.4 is 0 Å². The summed E-state index contributed by atoms with van der Waals surface area (Å²) in [5, 5.41) is 0. The van der Waals surface area contributed by atoms with Crippen LogP contribution in [0.25, 0.3) is 0 Å². The minimum absolute atomic E-state index is 0.162. The molecule has 0 fully saturated rings. The predicted molar refractivity (Wildman–Crippen MR) is 30.2 cm³/mol. The Morgan fingerprint density at radius 3 is 1.88 bits per heavy atom. The molecule has 0 amide bonds. The van der Waals surface area contributed by atoms with E-state index in [1.807, 2.05) is 0 Å². The predicted octanol–water partition coefficient (Wildman–Crippen LogP) is 1.35. The van der Waals surface area contributed by atoms with Crippen LogP contribution >= 0.6 is 8.25 Å². The van der Waals surface area contributed by atoms with Gasteiger partial charge in [0.1, 0.15) is 0 Å². The van der Waals surface area contributed by atoms with Crippen LogP contribution in [0.2, 0.25) is 0 Å². The van der Waals surface area contributed by atoms with Crippen molar-refractivity contribution in [2.75, 3.05) is 13.2 Å². The summed E-state index contributed by atoms with van der Waals surface area (Å²) in [5.41, 5.74) is 0. The molecule has 44 valence electrons. The van der Waals surface area contributed by atoms with Crippen molar-refractivity contribution in [1.82, 2.24) is 0 Å². The second kappa shape index (κ2) is 4.91. The van der Waals surface area contributed by atoms with E-state index in [0.29, 0.717) is 0 Å². The van der Waals surface area contributed by atoms with Crippen LogP contribution in [-0.4, -0.2) is 13.2 Å². The lowest BCUT2D eigenvalue weighted by Crippen LogP contribution is -1.82. The molecule has 3 nitrogen and oxygen atoms in total. The lowest BCUT2D eigenvalue weighted by atomic mass is 10.9. The molecule has 8 heavy (non-hydrogen) atoms. The molecular weight excluding hydrogens is 127 g/mol. The molecule has 0 aliphatic heterocycles. The first kappa shape index (κ1) is 7.76. The zero-order chi connectivity index (χ0) is 6.41. The van der Waals surface area contributed by atoms with Gasteiger partial charge in [0.25, 0.3) is 0 Å². The minimum atomic E-state index is -1.96. The molecule has 0 aliphatic rings. The van der Waals surface area contributed by atoms with Gasteiger partial charge in [-0.1, -0.05) is 9.05 Å². The molecule has 0 rings (SSSR count). The summed E-state index contributed by atoms with van der Waals surface area (Å²) in [7, 11) is -1.96. The molecule has 0 bridgehead atoms. The molecule has 0 saturated heterocycles. The van der Waals surface area contributed by atoms with E-state index < -0.39 is 8.25 Å². The maximum Gasteiger partial charge on any atom is 0.706 e. The van der Waals surface area contributed by atoms with Crippen LogP contribution in [0.3, 0.4) is 0 Å². The molecule has 0 atom stereocenters. The first-order valence-electron chi connectivity index (χ1n) is 2.13. The second-order valence-corrected chi connectivity index (χ2v) is 1.85. The summed E-state index contributed by atoms with van der Waals surface area (Å²) in [6.45, 7) is 6.93. The molecule has 0 radical (unpaired) electrons. The second-order valence-electron chi connectivity index (χ2n) is 0.890. The molecule has 0 aromatic heterocycles. The SMILES string of the molecule is [CH2+]CO[P+](=O)OC[CH2+]. The van der Waals surface area contributed by atoms with Crippen LogP contribution in [-0.2, 0) is 13.6 Å². The molecule has 0 unspecified atom stereocenters. The number of hydrogen-bond acceptors (Lipinski definition) is 3. The average molecular weight is 135 g/mol. The van der Waals surface area contributed by atoms with E-state index in [2.05, 4.69) is 22.9 Å². The van der Waals surface area contributed by atoms with Crippen LogP contribution in [0, 0.1) is 13.8 Å². The molecule has 0 aliphatic carbocycles. The summed E-state index contributed by atoms with van der Waals surface area (Å²) in [5.74, 6) is 0. The van der Waals surface area contributed by atoms with Crippen LogP contribution in [0.4, 0.5) is 0 Å². The van der Waals surface area contributed by atoms with Crippen molar-refractivity contribution in [3.8, 4) is 0 Å². The first-order chi connectivity index (χ1) is 3.81. The van der Waals surface area contributed by atoms with Crippen LogP contribution in [0.15, 0.2) is 0 Å². The first-order valence-corrected chi connectivity index (χ1v) is 3.22. The molecule has 0 aromatic rings. The zero-order valence-electron chi connectivity index (χ0n) is 4.50. The van der Waals surface area contributed by atoms with Gasteiger partial charge < -0.3 is 0 Å². The van der Waals surface area contributed by atoms with Crippen molar-refractivity contribution < 1.29 is 13.6 Å². The smallest absolute Gasteiger partial charge is 0.0698 e. The summed E-state index contributed by atoms with van der Waals surface area (Å²) < 4.78 is 19.1. The highest BCUT2D eigenvalue weighted by Crippen LogP contribution is 2.21. The Morgan fingerprint density at radius 2 is 1.62 bits per heavy atom. The van der Waals surface area contributed by atoms with Crippen molar-refractivity contribution >= 4 is 8.25 Å². The maximum atomic E-state index is 10.3. The standard InChI is InChI=1S/C4H8O3P/c1-3-6-8(5)7-4-2/h1-4H2/q+3. The Labute approximate surface area is 49.9 Å². The van der Waals surface area contributed by atoms with Gasteiger partial charge in [-0.25, -0.2) is 0 Å². The molecule has 0 spiro atoms. The van der Waals surface area contributed by atoms with Gasteiger partial charge in [0, 0.05) is 4.57 Å². The fourth-order valence-electron chi connectivity index (χ4n) is 0.186. The van der Waals surface area contributed by atoms with Gasteiger partial charge in [0.15, 0.2) is 0 Å². The third kappa shape index (κ3) is 3.93. The quantitative estimate of drug-likeness (QED) is 0.431. The lowest BCUT2D eigenvalue weighted by molar-refractivity contribution is 0.259. The van der Waals surface area contributed by atoms with E-state index in [9.17, 15) is 4.57 Å². The highest BCUT2D eigenvalue weighted by atomic mass is 31.1. The Morgan fingerprint density at radius 1 is 1.25 bits per heavy atom. The van der Waals surface area contributed by atoms with Gasteiger partial charge in [-0.3, -0.25) is 0 Å². The van der Waals surface area contributed by atoms with Crippen molar-refractivity contribution in [3.05, 3.63) is 13.8 Å². The summed E-state index contributed by atoms with van der Waals surface area (Å²) in [6.07, 6.45) is 0. The van der Waals surface area contributed by atoms with Gasteiger partial charge in [0.05, 0.1) is 13.8 Å². The van der Waals surface area contributed by atoms with E-state index in [-0.39, 0.29) is 13.2 Å². The van der Waals surface area contributed by atoms with Crippen molar-refractivity contribution in [3.63, 3.8) is 0 Å². The fourth-order valence-corrected chi connectivity index (χ4v) is 0.559. The highest BCUT2D eigenvalue weighted by Gasteiger charge is 2.20. The Kier molecular flexibility index (Phi) is 4.76. The third-order valence-corrected chi connectivity index (χ3v) is 1.18. The normalized spacial score (nSPS) is 9.00. The van der Waals surface area contributed by atoms with Gasteiger partial charge in [-0.2, -0.15) is 0 Å². The van der Waals surface area contributed by atoms with Crippen molar-refractivity contribution in [1.29, 1.82) is 0 Å². The highest BCUT2D eigenvalue weighted by molar-refractivity contribution is 7.33. The molecule has 0 heterocycles. The maximum absolute atomic E-state index is 10.3. The Hall–Kier alpha value is -0.240. The summed E-state index contributed by atoms with van der Waals surface area (Å²) in [6, 6.07) is 0. The van der Waals surface area contributed by atoms with Gasteiger partial charge in [-0.15, -0.1) is 0 Å². The van der Waals surface area contributed by atoms with E-state index in [4.69, 9.17) is 0 Å². The topological polar surface area (TPSA) is 35.5 Å². The van der Waals surface area contributed by atoms with Crippen molar-refractivity contribution in [2.45, 2.75) is 0 Å². The molecule has 4 heteroatoms. The van der Waals surface area contributed by atoms with E-state index in [1.165, 1.54) is 0 Å². The average Bonchev–Trinajstić information content (AvgIpc) is 1.68. The summed E-state index contributed by atoms with van der Waals surface area (Å²) >= 11 is 0. The zero-order valence-corrected chi connectivity index (χ0v) is 5.39. The largest absolute Gasteiger partial charge is 0.706 e. The Bertz CT molecular complexity index is 65.7. The Balaban J connectivity index is 3.06. The summed E-state index contributed by atoms with van der Waals surface area (Å²) in [4.78, 5) is 0. The lowest BCUT2D eigenvalue weighted by Gasteiger charge is -1.72.